The molecule has 0 aromatic carbocycles. The molecule has 21 heavy (non-hydrogen) atoms. The molecule has 5 heteroatoms. The highest BCUT2D eigenvalue weighted by Crippen LogP contribution is 2.33. The molecule has 5 nitrogen and oxygen atoms in total. The lowest BCUT2D eigenvalue weighted by molar-refractivity contribution is -0.136. The highest BCUT2D eigenvalue weighted by atomic mass is 16.5. The SMILES string of the molecule is CCOC(=O)C1=CNCC(C)(C)c2cn(C(C)(C)C)nc21. The summed E-state index contributed by atoms with van der Waals surface area (Å²) in [6.07, 6.45) is 3.78. The van der Waals surface area contributed by atoms with Crippen LogP contribution in [0.3, 0.4) is 0 Å². The lowest BCUT2D eigenvalue weighted by Gasteiger charge is -2.23. The van der Waals surface area contributed by atoms with E-state index >= 15 is 0 Å². The van der Waals surface area contributed by atoms with Crippen molar-refractivity contribution in [3.8, 4) is 0 Å². The van der Waals surface area contributed by atoms with Gasteiger partial charge in [0.2, 0.25) is 0 Å². The van der Waals surface area contributed by atoms with Crippen molar-refractivity contribution in [2.24, 2.45) is 0 Å². The lowest BCUT2D eigenvalue weighted by Crippen LogP contribution is -2.29. The molecule has 0 atom stereocenters. The van der Waals surface area contributed by atoms with Crippen LogP contribution in [0.4, 0.5) is 0 Å². The van der Waals surface area contributed by atoms with E-state index in [4.69, 9.17) is 4.74 Å². The predicted molar refractivity (Wildman–Crippen MR) is 82.9 cm³/mol. The van der Waals surface area contributed by atoms with E-state index in [1.807, 2.05) is 4.68 Å². The molecule has 1 aliphatic rings. The molecule has 0 amide bonds. The summed E-state index contributed by atoms with van der Waals surface area (Å²) in [5.41, 5.74) is 2.06. The zero-order chi connectivity index (χ0) is 15.8. The molecule has 0 radical (unpaired) electrons. The first-order valence-electron chi connectivity index (χ1n) is 7.38. The standard InChI is InChI=1S/C16H25N3O2/c1-7-21-14(20)11-8-17-10-16(5,6)12-9-19(15(2,3)4)18-13(11)12/h8-9,17H,7,10H2,1-6H3. The largest absolute Gasteiger partial charge is 0.462 e. The highest BCUT2D eigenvalue weighted by Gasteiger charge is 2.34. The van der Waals surface area contributed by atoms with Gasteiger partial charge < -0.3 is 10.1 Å². The molecule has 0 spiro atoms. The average molecular weight is 291 g/mol. The Morgan fingerprint density at radius 3 is 2.71 bits per heavy atom. The van der Waals surface area contributed by atoms with Crippen molar-refractivity contribution in [2.75, 3.05) is 13.2 Å². The predicted octanol–water partition coefficient (Wildman–Crippen LogP) is 2.42. The van der Waals surface area contributed by atoms with Gasteiger partial charge in [-0.3, -0.25) is 4.68 Å². The second-order valence-electron chi connectivity index (χ2n) is 7.05. The van der Waals surface area contributed by atoms with Gasteiger partial charge in [-0.1, -0.05) is 13.8 Å². The number of esters is 1. The summed E-state index contributed by atoms with van der Waals surface area (Å²) >= 11 is 0. The van der Waals surface area contributed by atoms with Crippen LogP contribution in [0.1, 0.15) is 52.8 Å². The van der Waals surface area contributed by atoms with Crippen molar-refractivity contribution in [1.82, 2.24) is 15.1 Å². The normalized spacial score (nSPS) is 17.3. The minimum atomic E-state index is -0.330. The van der Waals surface area contributed by atoms with E-state index in [0.717, 1.165) is 17.8 Å². The Balaban J connectivity index is 2.57. The van der Waals surface area contributed by atoms with Gasteiger partial charge in [-0.25, -0.2) is 4.79 Å². The number of carbonyl (C=O) groups excluding carboxylic acids is 1. The van der Waals surface area contributed by atoms with Crippen LogP contribution >= 0.6 is 0 Å². The summed E-state index contributed by atoms with van der Waals surface area (Å²) in [6.45, 7) is 13.5. The average Bonchev–Trinajstić information content (AvgIpc) is 2.75. The van der Waals surface area contributed by atoms with Gasteiger partial charge in [0.05, 0.1) is 12.1 Å². The van der Waals surface area contributed by atoms with Crippen LogP contribution < -0.4 is 5.32 Å². The number of aromatic nitrogens is 2. The van der Waals surface area contributed by atoms with E-state index in [0.29, 0.717) is 12.2 Å². The van der Waals surface area contributed by atoms with Crippen molar-refractivity contribution in [2.45, 2.75) is 52.5 Å². The minimum Gasteiger partial charge on any atom is -0.462 e. The van der Waals surface area contributed by atoms with Gasteiger partial charge in [0.1, 0.15) is 11.3 Å². The van der Waals surface area contributed by atoms with Crippen molar-refractivity contribution in [1.29, 1.82) is 0 Å². The third kappa shape index (κ3) is 2.96. The van der Waals surface area contributed by atoms with Crippen LogP contribution in [-0.2, 0) is 20.5 Å². The first-order chi connectivity index (χ1) is 9.66. The van der Waals surface area contributed by atoms with Crippen molar-refractivity contribution in [3.63, 3.8) is 0 Å². The minimum absolute atomic E-state index is 0.108. The smallest absolute Gasteiger partial charge is 0.341 e. The maximum absolute atomic E-state index is 12.2. The summed E-state index contributed by atoms with van der Waals surface area (Å²) in [5.74, 6) is -0.330. The fourth-order valence-electron chi connectivity index (χ4n) is 2.35. The maximum Gasteiger partial charge on any atom is 0.341 e. The molecule has 1 N–H and O–H groups in total. The highest BCUT2D eigenvalue weighted by molar-refractivity contribution is 6.16. The van der Waals surface area contributed by atoms with Crippen LogP contribution in [0.2, 0.25) is 0 Å². The molecule has 0 saturated carbocycles. The van der Waals surface area contributed by atoms with Gasteiger partial charge in [0.15, 0.2) is 0 Å². The molecule has 2 rings (SSSR count). The van der Waals surface area contributed by atoms with Gasteiger partial charge in [-0.05, 0) is 27.7 Å². The first-order valence-corrected chi connectivity index (χ1v) is 7.38. The second kappa shape index (κ2) is 5.20. The number of fused-ring (bicyclic) bond motifs is 1. The van der Waals surface area contributed by atoms with Crippen LogP contribution in [0, 0.1) is 0 Å². The van der Waals surface area contributed by atoms with Crippen LogP contribution in [-0.4, -0.2) is 28.9 Å². The Kier molecular flexibility index (Phi) is 3.87. The van der Waals surface area contributed by atoms with Gasteiger partial charge in [-0.2, -0.15) is 5.10 Å². The molecule has 1 aromatic rings. The molecule has 1 aromatic heterocycles. The van der Waals surface area contributed by atoms with Crippen LogP contribution in [0.25, 0.3) is 5.57 Å². The number of hydrogen-bond acceptors (Lipinski definition) is 4. The Labute approximate surface area is 126 Å². The fraction of sp³-hybridized carbons (Fsp3) is 0.625. The number of carbonyl (C=O) groups is 1. The molecule has 0 bridgehead atoms. The van der Waals surface area contributed by atoms with E-state index in [1.165, 1.54) is 0 Å². The van der Waals surface area contributed by atoms with Crippen LogP contribution in [0.15, 0.2) is 12.4 Å². The van der Waals surface area contributed by atoms with E-state index in [1.54, 1.807) is 13.1 Å². The van der Waals surface area contributed by atoms with Crippen LogP contribution in [0.5, 0.6) is 0 Å². The third-order valence-corrected chi connectivity index (χ3v) is 3.67. The van der Waals surface area contributed by atoms with E-state index in [9.17, 15) is 4.79 Å². The Morgan fingerprint density at radius 2 is 2.14 bits per heavy atom. The number of nitrogens with one attached hydrogen (secondary N) is 1. The lowest BCUT2D eigenvalue weighted by atomic mass is 9.84. The monoisotopic (exact) mass is 291 g/mol. The number of ether oxygens (including phenoxy) is 1. The second-order valence-corrected chi connectivity index (χ2v) is 7.05. The summed E-state index contributed by atoms with van der Waals surface area (Å²) in [4.78, 5) is 12.2. The summed E-state index contributed by atoms with van der Waals surface area (Å²) in [7, 11) is 0. The Morgan fingerprint density at radius 1 is 1.48 bits per heavy atom. The molecule has 2 heterocycles. The van der Waals surface area contributed by atoms with Gasteiger partial charge in [0, 0.05) is 29.9 Å². The van der Waals surface area contributed by atoms with Crippen molar-refractivity contribution in [3.05, 3.63) is 23.7 Å². The molecule has 0 unspecified atom stereocenters. The zero-order valence-corrected chi connectivity index (χ0v) is 13.8. The number of nitrogens with zero attached hydrogens (tertiary/aromatic N) is 2. The molecule has 116 valence electrons. The molecule has 1 aliphatic heterocycles. The maximum atomic E-state index is 12.2. The molecular weight excluding hydrogens is 266 g/mol. The van der Waals surface area contributed by atoms with Gasteiger partial charge in [0.25, 0.3) is 0 Å². The molecular formula is C16H25N3O2. The van der Waals surface area contributed by atoms with Gasteiger partial charge >= 0.3 is 5.97 Å². The van der Waals surface area contributed by atoms with Crippen molar-refractivity contribution < 1.29 is 9.53 Å². The first kappa shape index (κ1) is 15.6. The number of hydrogen-bond donors (Lipinski definition) is 1. The van der Waals surface area contributed by atoms with E-state index in [2.05, 4.69) is 51.2 Å². The fourth-order valence-corrected chi connectivity index (χ4v) is 2.35. The number of rotatable bonds is 2. The summed E-state index contributed by atoms with van der Waals surface area (Å²) in [5, 5.41) is 7.88. The molecule has 0 fully saturated rings. The topological polar surface area (TPSA) is 56.1 Å². The molecule has 0 saturated heterocycles. The van der Waals surface area contributed by atoms with Gasteiger partial charge in [-0.15, -0.1) is 0 Å². The Bertz CT molecular complexity index is 577. The third-order valence-electron chi connectivity index (χ3n) is 3.67. The molecule has 0 aliphatic carbocycles. The summed E-state index contributed by atoms with van der Waals surface area (Å²) < 4.78 is 7.09. The van der Waals surface area contributed by atoms with Crippen molar-refractivity contribution >= 4 is 11.5 Å². The summed E-state index contributed by atoms with van der Waals surface area (Å²) in [6, 6.07) is 0. The van der Waals surface area contributed by atoms with E-state index < -0.39 is 0 Å². The Hall–Kier alpha value is -1.78. The zero-order valence-electron chi connectivity index (χ0n) is 13.8. The quantitative estimate of drug-likeness (QED) is 0.850. The van der Waals surface area contributed by atoms with E-state index in [-0.39, 0.29) is 16.9 Å².